The SMILES string of the molecule is CC1CCN(C2=C(c3c(F)cc(F)cc3F)C(F)(Cl)Nc3ncnn32)CC1. The van der Waals surface area contributed by atoms with E-state index in [9.17, 15) is 13.2 Å². The van der Waals surface area contributed by atoms with E-state index in [0.29, 0.717) is 31.1 Å². The summed E-state index contributed by atoms with van der Waals surface area (Å²) in [6.45, 7) is 3.14. The molecular formula is C17H16ClF4N5. The molecule has 0 spiro atoms. The molecular weight excluding hydrogens is 386 g/mol. The standard InChI is InChI=1S/C17H16ClF4N5/c1-9-2-4-26(5-3-9)15-14(13-11(20)6-10(19)7-12(13)21)17(18,22)25-16-23-8-24-27(15)16/h6-9H,2-5H2,1H3,(H,23,24,25). The van der Waals surface area contributed by atoms with Crippen LogP contribution in [0.5, 0.6) is 0 Å². The van der Waals surface area contributed by atoms with Gasteiger partial charge in [-0.05, 0) is 18.8 Å². The first kappa shape index (κ1) is 18.1. The van der Waals surface area contributed by atoms with Crippen molar-refractivity contribution in [2.45, 2.75) is 25.0 Å². The van der Waals surface area contributed by atoms with Crippen LogP contribution in [0.25, 0.3) is 11.4 Å². The second-order valence-corrected chi connectivity index (χ2v) is 7.33. The molecule has 2 aliphatic rings. The molecule has 0 saturated carbocycles. The third-order valence-corrected chi connectivity index (χ3v) is 5.18. The summed E-state index contributed by atoms with van der Waals surface area (Å²) in [5.41, 5.74) is -1.23. The lowest BCUT2D eigenvalue weighted by molar-refractivity contribution is 0.253. The van der Waals surface area contributed by atoms with Gasteiger partial charge in [0.05, 0.1) is 11.1 Å². The smallest absolute Gasteiger partial charge is 0.289 e. The van der Waals surface area contributed by atoms with Gasteiger partial charge in [0.1, 0.15) is 29.6 Å². The van der Waals surface area contributed by atoms with Gasteiger partial charge in [-0.3, -0.25) is 0 Å². The fourth-order valence-electron chi connectivity index (χ4n) is 3.49. The number of rotatable bonds is 2. The maximum absolute atomic E-state index is 15.4. The molecule has 144 valence electrons. The van der Waals surface area contributed by atoms with Crippen molar-refractivity contribution < 1.29 is 17.6 Å². The van der Waals surface area contributed by atoms with Crippen LogP contribution in [0.15, 0.2) is 18.5 Å². The molecule has 2 aliphatic heterocycles. The second kappa shape index (κ2) is 6.40. The minimum Gasteiger partial charge on any atom is -0.356 e. The molecule has 27 heavy (non-hydrogen) atoms. The molecule has 10 heteroatoms. The molecule has 1 N–H and O–H groups in total. The van der Waals surface area contributed by atoms with Crippen molar-refractivity contribution in [3.05, 3.63) is 41.5 Å². The zero-order chi connectivity index (χ0) is 19.3. The van der Waals surface area contributed by atoms with Gasteiger partial charge in [0.25, 0.3) is 5.25 Å². The lowest BCUT2D eigenvalue weighted by Crippen LogP contribution is -2.42. The van der Waals surface area contributed by atoms with Gasteiger partial charge in [-0.1, -0.05) is 18.5 Å². The van der Waals surface area contributed by atoms with Crippen molar-refractivity contribution in [1.82, 2.24) is 19.7 Å². The Labute approximate surface area is 157 Å². The van der Waals surface area contributed by atoms with Crippen LogP contribution >= 0.6 is 11.6 Å². The number of likely N-dealkylation sites (tertiary alicyclic amines) is 1. The van der Waals surface area contributed by atoms with Crippen LogP contribution in [0.4, 0.5) is 23.5 Å². The Hall–Kier alpha value is -2.29. The summed E-state index contributed by atoms with van der Waals surface area (Å²) in [6.07, 6.45) is 2.80. The van der Waals surface area contributed by atoms with Crippen molar-refractivity contribution in [1.29, 1.82) is 0 Å². The van der Waals surface area contributed by atoms with Crippen LogP contribution in [0, 0.1) is 23.4 Å². The van der Waals surface area contributed by atoms with Gasteiger partial charge >= 0.3 is 0 Å². The Kier molecular flexibility index (Phi) is 4.29. The molecule has 4 rings (SSSR count). The van der Waals surface area contributed by atoms with Crippen molar-refractivity contribution >= 4 is 28.9 Å². The number of benzene rings is 1. The Morgan fingerprint density at radius 2 is 1.81 bits per heavy atom. The van der Waals surface area contributed by atoms with Crippen LogP contribution in [-0.2, 0) is 0 Å². The molecule has 2 aromatic rings. The molecule has 0 radical (unpaired) electrons. The number of halogens is 5. The molecule has 3 heterocycles. The van der Waals surface area contributed by atoms with Gasteiger partial charge in [0.2, 0.25) is 5.95 Å². The minimum absolute atomic E-state index is 0.00722. The third kappa shape index (κ3) is 3.03. The van der Waals surface area contributed by atoms with E-state index < -0.39 is 33.8 Å². The molecule has 1 aromatic heterocycles. The van der Waals surface area contributed by atoms with Gasteiger partial charge in [-0.25, -0.2) is 13.2 Å². The van der Waals surface area contributed by atoms with E-state index in [-0.39, 0.29) is 11.8 Å². The highest BCUT2D eigenvalue weighted by molar-refractivity contribution is 6.31. The zero-order valence-electron chi connectivity index (χ0n) is 14.3. The van der Waals surface area contributed by atoms with E-state index in [2.05, 4.69) is 22.3 Å². The van der Waals surface area contributed by atoms with E-state index in [1.165, 1.54) is 11.0 Å². The average molecular weight is 402 g/mol. The number of fused-ring (bicyclic) bond motifs is 1. The number of alkyl halides is 2. The van der Waals surface area contributed by atoms with E-state index >= 15 is 4.39 Å². The van der Waals surface area contributed by atoms with E-state index in [1.807, 2.05) is 0 Å². The van der Waals surface area contributed by atoms with Crippen LogP contribution in [-0.4, -0.2) is 38.0 Å². The summed E-state index contributed by atoms with van der Waals surface area (Å²) in [6, 6.07) is 0.982. The summed E-state index contributed by atoms with van der Waals surface area (Å²) < 4.78 is 59.0. The van der Waals surface area contributed by atoms with Gasteiger partial charge in [-0.15, -0.1) is 0 Å². The number of aromatic nitrogens is 3. The van der Waals surface area contributed by atoms with Gasteiger partial charge in [0, 0.05) is 25.2 Å². The fraction of sp³-hybridized carbons (Fsp3) is 0.412. The maximum Gasteiger partial charge on any atom is 0.289 e. The predicted octanol–water partition coefficient (Wildman–Crippen LogP) is 4.04. The first-order chi connectivity index (χ1) is 12.8. The van der Waals surface area contributed by atoms with Gasteiger partial charge in [-0.2, -0.15) is 19.2 Å². The first-order valence-electron chi connectivity index (χ1n) is 8.49. The summed E-state index contributed by atoms with van der Waals surface area (Å²) in [5.74, 6) is -3.04. The Bertz CT molecular complexity index is 895. The fourth-order valence-corrected chi connectivity index (χ4v) is 3.76. The van der Waals surface area contributed by atoms with Gasteiger partial charge < -0.3 is 10.2 Å². The molecule has 1 saturated heterocycles. The number of nitrogens with one attached hydrogen (secondary N) is 1. The van der Waals surface area contributed by atoms with Crippen molar-refractivity contribution in [3.63, 3.8) is 0 Å². The van der Waals surface area contributed by atoms with Crippen LogP contribution in [0.3, 0.4) is 0 Å². The van der Waals surface area contributed by atoms with E-state index in [4.69, 9.17) is 11.6 Å². The van der Waals surface area contributed by atoms with Crippen molar-refractivity contribution in [2.24, 2.45) is 5.92 Å². The monoisotopic (exact) mass is 401 g/mol. The van der Waals surface area contributed by atoms with Crippen LogP contribution in [0.2, 0.25) is 0 Å². The normalized spacial score (nSPS) is 23.4. The maximum atomic E-state index is 15.4. The Morgan fingerprint density at radius 1 is 1.19 bits per heavy atom. The highest BCUT2D eigenvalue weighted by atomic mass is 35.5. The summed E-state index contributed by atoms with van der Waals surface area (Å²) >= 11 is 6.01. The second-order valence-electron chi connectivity index (χ2n) is 6.81. The Morgan fingerprint density at radius 3 is 2.44 bits per heavy atom. The summed E-state index contributed by atoms with van der Waals surface area (Å²) in [7, 11) is 0. The average Bonchev–Trinajstić information content (AvgIpc) is 3.02. The summed E-state index contributed by atoms with van der Waals surface area (Å²) in [4.78, 5) is 5.68. The molecule has 1 aromatic carbocycles. The molecule has 0 aliphatic carbocycles. The largest absolute Gasteiger partial charge is 0.356 e. The molecule has 1 unspecified atom stereocenters. The summed E-state index contributed by atoms with van der Waals surface area (Å²) in [5, 5.41) is 3.48. The van der Waals surface area contributed by atoms with E-state index in [1.54, 1.807) is 4.90 Å². The number of anilines is 1. The number of nitrogens with zero attached hydrogens (tertiary/aromatic N) is 4. The van der Waals surface area contributed by atoms with Crippen LogP contribution in [0.1, 0.15) is 25.3 Å². The highest BCUT2D eigenvalue weighted by Crippen LogP contribution is 2.46. The number of piperidine rings is 1. The Balaban J connectivity index is 1.99. The quantitative estimate of drug-likeness (QED) is 0.468. The highest BCUT2D eigenvalue weighted by Gasteiger charge is 2.46. The lowest BCUT2D eigenvalue weighted by atomic mass is 9.97. The van der Waals surface area contributed by atoms with Crippen molar-refractivity contribution in [3.8, 4) is 0 Å². The number of hydrogen-bond acceptors (Lipinski definition) is 4. The molecule has 1 atom stereocenters. The molecule has 0 amide bonds. The zero-order valence-corrected chi connectivity index (χ0v) is 15.1. The van der Waals surface area contributed by atoms with Crippen LogP contribution < -0.4 is 5.32 Å². The number of hydrogen-bond donors (Lipinski definition) is 1. The molecule has 5 nitrogen and oxygen atoms in total. The van der Waals surface area contributed by atoms with E-state index in [0.717, 1.165) is 12.8 Å². The molecule has 1 fully saturated rings. The topological polar surface area (TPSA) is 46.0 Å². The predicted molar refractivity (Wildman–Crippen MR) is 92.7 cm³/mol. The third-order valence-electron chi connectivity index (χ3n) is 4.89. The molecule has 0 bridgehead atoms. The lowest BCUT2D eigenvalue weighted by Gasteiger charge is -2.39. The first-order valence-corrected chi connectivity index (χ1v) is 8.86. The minimum atomic E-state index is -2.86. The van der Waals surface area contributed by atoms with Gasteiger partial charge in [0.15, 0.2) is 0 Å². The van der Waals surface area contributed by atoms with Crippen molar-refractivity contribution in [2.75, 3.05) is 18.4 Å².